The molecule has 2 aliphatic carbocycles. The smallest absolute Gasteiger partial charge is 0.000718 e. The number of benzene rings is 3. The van der Waals surface area contributed by atoms with Crippen molar-refractivity contribution in [1.82, 2.24) is 0 Å². The van der Waals surface area contributed by atoms with Crippen LogP contribution in [-0.4, -0.2) is 0 Å². The van der Waals surface area contributed by atoms with Crippen molar-refractivity contribution in [2.24, 2.45) is 0 Å². The second kappa shape index (κ2) is 3.61. The van der Waals surface area contributed by atoms with E-state index in [0.717, 1.165) is 12.8 Å². The van der Waals surface area contributed by atoms with Crippen LogP contribution in [0.15, 0.2) is 60.7 Å². The van der Waals surface area contributed by atoms with Gasteiger partial charge in [-0.1, -0.05) is 60.7 Å². The second-order valence-electron chi connectivity index (χ2n) is 5.79. The lowest BCUT2D eigenvalue weighted by molar-refractivity contribution is 1.23. The van der Waals surface area contributed by atoms with Crippen molar-refractivity contribution in [3.05, 3.63) is 82.9 Å². The molecule has 0 atom stereocenters. The Morgan fingerprint density at radius 1 is 0.500 bits per heavy atom. The maximum absolute atomic E-state index is 2.33. The van der Waals surface area contributed by atoms with Crippen LogP contribution >= 0.6 is 0 Å². The number of hydrogen-bond donors (Lipinski definition) is 0. The Kier molecular flexibility index (Phi) is 1.88. The summed E-state index contributed by atoms with van der Waals surface area (Å²) in [6.45, 7) is 0. The molecule has 0 bridgehead atoms. The highest BCUT2D eigenvalue weighted by Gasteiger charge is 2.27. The lowest BCUT2D eigenvalue weighted by Gasteiger charge is -2.08. The first-order chi connectivity index (χ1) is 9.92. The van der Waals surface area contributed by atoms with Gasteiger partial charge >= 0.3 is 0 Å². The summed E-state index contributed by atoms with van der Waals surface area (Å²) in [6.07, 6.45) is 2.18. The van der Waals surface area contributed by atoms with Gasteiger partial charge in [0.05, 0.1) is 0 Å². The minimum absolute atomic E-state index is 1.09. The van der Waals surface area contributed by atoms with E-state index in [1.54, 1.807) is 0 Å². The minimum Gasteiger partial charge on any atom is -0.0619 e. The van der Waals surface area contributed by atoms with Crippen LogP contribution in [0.1, 0.15) is 22.3 Å². The van der Waals surface area contributed by atoms with Crippen molar-refractivity contribution in [1.29, 1.82) is 0 Å². The van der Waals surface area contributed by atoms with Gasteiger partial charge in [-0.25, -0.2) is 0 Å². The molecule has 20 heavy (non-hydrogen) atoms. The Balaban J connectivity index is 1.84. The molecule has 0 spiro atoms. The van der Waals surface area contributed by atoms with Gasteiger partial charge in [0.1, 0.15) is 0 Å². The average Bonchev–Trinajstić information content (AvgIpc) is 3.04. The quantitative estimate of drug-likeness (QED) is 0.371. The zero-order valence-electron chi connectivity index (χ0n) is 11.2. The summed E-state index contributed by atoms with van der Waals surface area (Å²) < 4.78 is 0. The predicted molar refractivity (Wildman–Crippen MR) is 82.9 cm³/mol. The molecule has 0 unspecified atom stereocenters. The predicted octanol–water partition coefficient (Wildman–Crippen LogP) is 4.83. The third-order valence-corrected chi connectivity index (χ3v) is 4.74. The van der Waals surface area contributed by atoms with Gasteiger partial charge in [-0.05, 0) is 57.3 Å². The molecule has 0 saturated carbocycles. The Morgan fingerprint density at radius 2 is 1.20 bits per heavy atom. The number of rotatable bonds is 0. The van der Waals surface area contributed by atoms with Crippen molar-refractivity contribution in [3.63, 3.8) is 0 Å². The molecular weight excluding hydrogens is 240 g/mol. The molecule has 0 heteroatoms. The molecule has 0 N–H and O–H groups in total. The molecule has 0 amide bonds. The van der Waals surface area contributed by atoms with Crippen molar-refractivity contribution in [2.75, 3.05) is 0 Å². The Morgan fingerprint density at radius 3 is 2.05 bits per heavy atom. The molecule has 0 nitrogen and oxygen atoms in total. The van der Waals surface area contributed by atoms with E-state index in [-0.39, 0.29) is 0 Å². The van der Waals surface area contributed by atoms with E-state index in [4.69, 9.17) is 0 Å². The first-order valence-electron chi connectivity index (χ1n) is 7.23. The van der Waals surface area contributed by atoms with Gasteiger partial charge in [0.15, 0.2) is 0 Å². The molecule has 3 aromatic rings. The molecule has 3 aromatic carbocycles. The van der Waals surface area contributed by atoms with Gasteiger partial charge in [0.25, 0.3) is 0 Å². The molecule has 0 aromatic heterocycles. The molecule has 0 fully saturated rings. The van der Waals surface area contributed by atoms with Crippen molar-refractivity contribution >= 4 is 0 Å². The zero-order chi connectivity index (χ0) is 13.1. The Hall–Kier alpha value is -2.34. The third kappa shape index (κ3) is 1.21. The Labute approximate surface area is 118 Å². The van der Waals surface area contributed by atoms with E-state index >= 15 is 0 Å². The van der Waals surface area contributed by atoms with Crippen LogP contribution in [0, 0.1) is 0 Å². The summed E-state index contributed by atoms with van der Waals surface area (Å²) in [7, 11) is 0. The topological polar surface area (TPSA) is 0 Å². The summed E-state index contributed by atoms with van der Waals surface area (Å²) in [5, 5.41) is 0. The van der Waals surface area contributed by atoms with Gasteiger partial charge in [-0.15, -0.1) is 0 Å². The van der Waals surface area contributed by atoms with Gasteiger partial charge < -0.3 is 0 Å². The van der Waals surface area contributed by atoms with Gasteiger partial charge in [0.2, 0.25) is 0 Å². The van der Waals surface area contributed by atoms with Crippen molar-refractivity contribution in [3.8, 4) is 22.3 Å². The summed E-state index contributed by atoms with van der Waals surface area (Å²) in [4.78, 5) is 0. The summed E-state index contributed by atoms with van der Waals surface area (Å²) in [5.74, 6) is 0. The van der Waals surface area contributed by atoms with Gasteiger partial charge in [-0.3, -0.25) is 0 Å². The largest absolute Gasteiger partial charge is 0.0619 e. The van der Waals surface area contributed by atoms with Crippen LogP contribution in [0.3, 0.4) is 0 Å². The maximum atomic E-state index is 2.33. The highest BCUT2D eigenvalue weighted by Crippen LogP contribution is 2.47. The summed E-state index contributed by atoms with van der Waals surface area (Å²) in [6, 6.07) is 22.3. The van der Waals surface area contributed by atoms with E-state index in [0.29, 0.717) is 0 Å². The number of hydrogen-bond acceptors (Lipinski definition) is 0. The van der Waals surface area contributed by atoms with E-state index < -0.39 is 0 Å². The zero-order valence-corrected chi connectivity index (χ0v) is 11.2. The first-order valence-corrected chi connectivity index (χ1v) is 7.23. The van der Waals surface area contributed by atoms with Crippen LogP contribution in [0.5, 0.6) is 0 Å². The monoisotopic (exact) mass is 254 g/mol. The molecule has 0 saturated heterocycles. The molecule has 0 aliphatic heterocycles. The lowest BCUT2D eigenvalue weighted by Crippen LogP contribution is -1.88. The normalized spacial score (nSPS) is 13.6. The molecule has 5 rings (SSSR count). The fourth-order valence-corrected chi connectivity index (χ4v) is 3.87. The van der Waals surface area contributed by atoms with Crippen LogP contribution in [-0.2, 0) is 12.8 Å². The van der Waals surface area contributed by atoms with Crippen LogP contribution in [0.4, 0.5) is 0 Å². The molecule has 0 heterocycles. The van der Waals surface area contributed by atoms with Crippen molar-refractivity contribution in [2.45, 2.75) is 12.8 Å². The average molecular weight is 254 g/mol. The highest BCUT2D eigenvalue weighted by atomic mass is 14.3. The van der Waals surface area contributed by atoms with E-state index in [9.17, 15) is 0 Å². The fraction of sp³-hybridized carbons (Fsp3) is 0.100. The van der Waals surface area contributed by atoms with Crippen LogP contribution in [0.2, 0.25) is 0 Å². The standard InChI is InChI=1S/C20H14/c1-3-7-16-14(6-1)12-19-18(16)10-9-15-11-13-5-2-4-8-17(13)20(15)19/h1-10H,11-12H2. The third-order valence-electron chi connectivity index (χ3n) is 4.74. The lowest BCUT2D eigenvalue weighted by atomic mass is 9.95. The van der Waals surface area contributed by atoms with Crippen molar-refractivity contribution < 1.29 is 0 Å². The van der Waals surface area contributed by atoms with E-state index in [2.05, 4.69) is 60.7 Å². The molecule has 2 aliphatic rings. The summed E-state index contributed by atoms with van der Waals surface area (Å²) >= 11 is 0. The van der Waals surface area contributed by atoms with Gasteiger partial charge in [-0.2, -0.15) is 0 Å². The van der Waals surface area contributed by atoms with E-state index in [1.807, 2.05) is 0 Å². The molecule has 0 radical (unpaired) electrons. The number of fused-ring (bicyclic) bond motifs is 7. The SMILES string of the molecule is c1ccc2c(c1)Cc1c-2ccc2c1-c1ccccc1C2. The molecule has 94 valence electrons. The first kappa shape index (κ1) is 10.4. The fourth-order valence-electron chi connectivity index (χ4n) is 3.87. The Bertz CT molecular complexity index is 856. The summed E-state index contributed by atoms with van der Waals surface area (Å²) in [5.41, 5.74) is 11.8. The minimum atomic E-state index is 1.09. The highest BCUT2D eigenvalue weighted by molar-refractivity contribution is 5.89. The molecular formula is C20H14. The van der Waals surface area contributed by atoms with E-state index in [1.165, 1.54) is 44.5 Å². The second-order valence-corrected chi connectivity index (χ2v) is 5.79. The van der Waals surface area contributed by atoms with Gasteiger partial charge in [0, 0.05) is 0 Å². The maximum Gasteiger partial charge on any atom is -0.000718 e. The van der Waals surface area contributed by atoms with Crippen LogP contribution < -0.4 is 0 Å². The van der Waals surface area contributed by atoms with Crippen LogP contribution in [0.25, 0.3) is 22.3 Å².